The maximum Gasteiger partial charge on any atom is 0.0953 e. The molecule has 0 fully saturated rings. The van der Waals surface area contributed by atoms with Crippen LogP contribution in [0.25, 0.3) is 0 Å². The van der Waals surface area contributed by atoms with Crippen LogP contribution in [0.1, 0.15) is 44.1 Å². The lowest BCUT2D eigenvalue weighted by molar-refractivity contribution is 0.424. The molecule has 2 aromatic rings. The Bertz CT molecular complexity index is 495. The highest BCUT2D eigenvalue weighted by Gasteiger charge is 2.08. The van der Waals surface area contributed by atoms with Crippen LogP contribution in [-0.4, -0.2) is 25.9 Å². The van der Waals surface area contributed by atoms with Gasteiger partial charge in [0.2, 0.25) is 0 Å². The van der Waals surface area contributed by atoms with E-state index in [1.807, 2.05) is 12.5 Å². The lowest BCUT2D eigenvalue weighted by Gasteiger charge is -2.12. The number of nitrogens with two attached hydrogens (primary N) is 1. The van der Waals surface area contributed by atoms with Gasteiger partial charge in [-0.1, -0.05) is 13.8 Å². The van der Waals surface area contributed by atoms with Crippen LogP contribution in [0.3, 0.4) is 0 Å². The quantitative estimate of drug-likeness (QED) is 0.829. The number of aromatic nitrogens is 4. The van der Waals surface area contributed by atoms with Crippen molar-refractivity contribution in [2.45, 2.75) is 45.7 Å². The molecule has 0 amide bonds. The first-order valence-electron chi connectivity index (χ1n) is 7.01. The number of imidazole rings is 1. The minimum Gasteiger partial charge on any atom is -0.331 e. The predicted molar refractivity (Wildman–Crippen MR) is 75.9 cm³/mol. The average molecular weight is 261 g/mol. The summed E-state index contributed by atoms with van der Waals surface area (Å²) in [5.41, 5.74) is 7.64. The van der Waals surface area contributed by atoms with Crippen LogP contribution in [0, 0.1) is 0 Å². The Morgan fingerprint density at radius 1 is 1.26 bits per heavy atom. The molecule has 0 radical (unpaired) electrons. The molecule has 0 saturated heterocycles. The van der Waals surface area contributed by atoms with Crippen molar-refractivity contribution in [3.05, 3.63) is 36.2 Å². The molecule has 0 bridgehead atoms. The van der Waals surface area contributed by atoms with Gasteiger partial charge in [-0.25, -0.2) is 4.98 Å². The van der Waals surface area contributed by atoms with Crippen molar-refractivity contribution in [2.75, 3.05) is 6.54 Å². The third-order valence-electron chi connectivity index (χ3n) is 3.41. The molecule has 2 aromatic heterocycles. The molecule has 0 aliphatic carbocycles. The first-order chi connectivity index (χ1) is 9.26. The zero-order valence-electron chi connectivity index (χ0n) is 11.8. The summed E-state index contributed by atoms with van der Waals surface area (Å²) in [5, 5.41) is 4.65. The number of hydrogen-bond donors (Lipinski definition) is 1. The second kappa shape index (κ2) is 6.52. The molecular weight excluding hydrogens is 238 g/mol. The molecule has 0 saturated carbocycles. The Morgan fingerprint density at radius 3 is 2.74 bits per heavy atom. The predicted octanol–water partition coefficient (Wildman–Crippen LogP) is 1.99. The minimum atomic E-state index is 0.504. The standard InChI is InChI=1S/C14H23N5/c1-3-14(4-2)19-8-6-13(17-19)10-18-9-12(5-7-15)16-11-18/h6,8-9,11,14H,3-5,7,10,15H2,1-2H3. The molecule has 2 rings (SSSR count). The van der Waals surface area contributed by atoms with E-state index in [9.17, 15) is 0 Å². The second-order valence-electron chi connectivity index (χ2n) is 4.83. The van der Waals surface area contributed by atoms with E-state index in [1.165, 1.54) is 0 Å². The number of hydrogen-bond acceptors (Lipinski definition) is 3. The summed E-state index contributed by atoms with van der Waals surface area (Å²) >= 11 is 0. The Balaban J connectivity index is 2.02. The molecule has 19 heavy (non-hydrogen) atoms. The summed E-state index contributed by atoms with van der Waals surface area (Å²) in [6, 6.07) is 2.59. The van der Waals surface area contributed by atoms with E-state index >= 15 is 0 Å². The largest absolute Gasteiger partial charge is 0.331 e. The molecule has 0 atom stereocenters. The van der Waals surface area contributed by atoms with Gasteiger partial charge in [-0.2, -0.15) is 5.10 Å². The van der Waals surface area contributed by atoms with Crippen LogP contribution in [0.5, 0.6) is 0 Å². The molecule has 0 aliphatic heterocycles. The molecule has 2 heterocycles. The van der Waals surface area contributed by atoms with Gasteiger partial charge in [0.1, 0.15) is 0 Å². The number of nitrogens with zero attached hydrogens (tertiary/aromatic N) is 4. The third kappa shape index (κ3) is 3.44. The lowest BCUT2D eigenvalue weighted by atomic mass is 10.2. The maximum absolute atomic E-state index is 5.52. The first-order valence-corrected chi connectivity index (χ1v) is 7.01. The Kier molecular flexibility index (Phi) is 4.74. The molecule has 5 heteroatoms. The molecule has 5 nitrogen and oxygen atoms in total. The highest BCUT2D eigenvalue weighted by Crippen LogP contribution is 2.14. The Morgan fingerprint density at radius 2 is 2.05 bits per heavy atom. The summed E-state index contributed by atoms with van der Waals surface area (Å²) in [4.78, 5) is 4.32. The molecule has 0 aliphatic rings. The van der Waals surface area contributed by atoms with Crippen LogP contribution in [-0.2, 0) is 13.0 Å². The van der Waals surface area contributed by atoms with Crippen molar-refractivity contribution in [1.82, 2.24) is 19.3 Å². The summed E-state index contributed by atoms with van der Waals surface area (Å²) in [5.74, 6) is 0. The molecule has 0 unspecified atom stereocenters. The van der Waals surface area contributed by atoms with Crippen LogP contribution < -0.4 is 5.73 Å². The maximum atomic E-state index is 5.52. The van der Waals surface area contributed by atoms with Crippen LogP contribution in [0.15, 0.2) is 24.8 Å². The van der Waals surface area contributed by atoms with Crippen molar-refractivity contribution < 1.29 is 0 Å². The van der Waals surface area contributed by atoms with Crippen LogP contribution in [0.4, 0.5) is 0 Å². The smallest absolute Gasteiger partial charge is 0.0953 e. The fraction of sp³-hybridized carbons (Fsp3) is 0.571. The second-order valence-corrected chi connectivity index (χ2v) is 4.83. The van der Waals surface area contributed by atoms with Crippen molar-refractivity contribution in [2.24, 2.45) is 5.73 Å². The van der Waals surface area contributed by atoms with Crippen molar-refractivity contribution in [3.8, 4) is 0 Å². The molecular formula is C14H23N5. The summed E-state index contributed by atoms with van der Waals surface area (Å²) < 4.78 is 4.14. The Labute approximate surface area is 114 Å². The number of rotatable bonds is 7. The Hall–Kier alpha value is -1.62. The lowest BCUT2D eigenvalue weighted by Crippen LogP contribution is -2.08. The van der Waals surface area contributed by atoms with Gasteiger partial charge in [0.15, 0.2) is 0 Å². The molecule has 104 valence electrons. The normalized spacial score (nSPS) is 11.4. The third-order valence-corrected chi connectivity index (χ3v) is 3.41. The van der Waals surface area contributed by atoms with Gasteiger partial charge in [-0.05, 0) is 25.5 Å². The summed E-state index contributed by atoms with van der Waals surface area (Å²) in [7, 11) is 0. The van der Waals surface area contributed by atoms with E-state index in [2.05, 4.69) is 45.4 Å². The van der Waals surface area contributed by atoms with E-state index in [0.717, 1.165) is 37.2 Å². The zero-order chi connectivity index (χ0) is 13.7. The fourth-order valence-electron chi connectivity index (χ4n) is 2.28. The van der Waals surface area contributed by atoms with E-state index in [4.69, 9.17) is 5.73 Å². The average Bonchev–Trinajstić information content (AvgIpc) is 3.02. The summed E-state index contributed by atoms with van der Waals surface area (Å²) in [6.45, 7) is 5.81. The molecule has 2 N–H and O–H groups in total. The van der Waals surface area contributed by atoms with Gasteiger partial charge in [-0.15, -0.1) is 0 Å². The highest BCUT2D eigenvalue weighted by atomic mass is 15.3. The highest BCUT2D eigenvalue weighted by molar-refractivity contribution is 5.04. The van der Waals surface area contributed by atoms with Crippen LogP contribution in [0.2, 0.25) is 0 Å². The fourth-order valence-corrected chi connectivity index (χ4v) is 2.28. The molecule has 0 aromatic carbocycles. The van der Waals surface area contributed by atoms with Crippen molar-refractivity contribution >= 4 is 0 Å². The van der Waals surface area contributed by atoms with Crippen molar-refractivity contribution in [1.29, 1.82) is 0 Å². The summed E-state index contributed by atoms with van der Waals surface area (Å²) in [6.07, 6.45) is 9.02. The zero-order valence-corrected chi connectivity index (χ0v) is 11.8. The first kappa shape index (κ1) is 13.8. The van der Waals surface area contributed by atoms with E-state index in [1.54, 1.807) is 0 Å². The van der Waals surface area contributed by atoms with Gasteiger partial charge in [0.05, 0.1) is 30.3 Å². The monoisotopic (exact) mass is 261 g/mol. The van der Waals surface area contributed by atoms with Crippen molar-refractivity contribution in [3.63, 3.8) is 0 Å². The van der Waals surface area contributed by atoms with Crippen LogP contribution >= 0.6 is 0 Å². The topological polar surface area (TPSA) is 61.7 Å². The van der Waals surface area contributed by atoms with E-state index < -0.39 is 0 Å². The molecule has 0 spiro atoms. The van der Waals surface area contributed by atoms with Gasteiger partial charge >= 0.3 is 0 Å². The van der Waals surface area contributed by atoms with Gasteiger partial charge < -0.3 is 10.3 Å². The SMILES string of the molecule is CCC(CC)n1ccc(Cn2cnc(CCN)c2)n1. The van der Waals surface area contributed by atoms with Gasteiger partial charge in [0.25, 0.3) is 0 Å². The van der Waals surface area contributed by atoms with E-state index in [0.29, 0.717) is 12.6 Å². The van der Waals surface area contributed by atoms with Gasteiger partial charge in [0, 0.05) is 18.8 Å². The minimum absolute atomic E-state index is 0.504. The van der Waals surface area contributed by atoms with E-state index in [-0.39, 0.29) is 0 Å². The van der Waals surface area contributed by atoms with Gasteiger partial charge in [-0.3, -0.25) is 4.68 Å².